The molecule has 5 aromatic carbocycles. The highest BCUT2D eigenvalue weighted by atomic mass is 35.5. The van der Waals surface area contributed by atoms with Gasteiger partial charge in [-0.25, -0.2) is 58.6 Å². The van der Waals surface area contributed by atoms with Gasteiger partial charge in [-0.1, -0.05) is 178 Å². The Morgan fingerprint density at radius 2 is 0.774 bits per heavy atom. The van der Waals surface area contributed by atoms with E-state index in [0.717, 1.165) is 205 Å². The molecule has 5 amide bonds. The van der Waals surface area contributed by atoms with Gasteiger partial charge in [0.2, 0.25) is 0 Å². The van der Waals surface area contributed by atoms with E-state index in [1.807, 2.05) is 173 Å². The highest BCUT2D eigenvalue weighted by Crippen LogP contribution is 2.39. The molecule has 0 unspecified atom stereocenters. The number of aromatic nitrogens is 15. The van der Waals surface area contributed by atoms with Crippen molar-refractivity contribution in [1.82, 2.24) is 97.2 Å². The Morgan fingerprint density at radius 1 is 0.377 bits per heavy atom. The molecule has 4 saturated carbocycles. The van der Waals surface area contributed by atoms with Crippen LogP contribution in [-0.4, -0.2) is 167 Å². The molecule has 0 N–H and O–H groups in total. The number of benzene rings is 5. The topological polar surface area (TPSA) is 264 Å². The van der Waals surface area contributed by atoms with E-state index in [1.54, 1.807) is 55.9 Å². The zero-order valence-corrected chi connectivity index (χ0v) is 87.8. The van der Waals surface area contributed by atoms with Crippen molar-refractivity contribution in [2.24, 2.45) is 17.8 Å². The summed E-state index contributed by atoms with van der Waals surface area (Å²) in [7, 11) is 1.61. The third kappa shape index (κ3) is 27.4. The zero-order valence-electron chi connectivity index (χ0n) is 86.2. The Kier molecular flexibility index (Phi) is 38.3. The van der Waals surface area contributed by atoms with Crippen LogP contribution in [-0.2, 0) is 45.8 Å². The fourth-order valence-electron chi connectivity index (χ4n) is 19.8. The van der Waals surface area contributed by atoms with Crippen molar-refractivity contribution in [3.05, 3.63) is 291 Å². The van der Waals surface area contributed by atoms with E-state index in [0.29, 0.717) is 134 Å². The zero-order chi connectivity index (χ0) is 103. The third-order valence-corrected chi connectivity index (χ3v) is 28.2. The Bertz CT molecular complexity index is 6870. The molecule has 0 atom stereocenters. The van der Waals surface area contributed by atoms with E-state index < -0.39 is 17.5 Å². The number of rotatable bonds is 38. The third-order valence-electron chi connectivity index (χ3n) is 27.7. The van der Waals surface area contributed by atoms with Crippen LogP contribution in [0.4, 0.5) is 8.78 Å². The first-order valence-corrected chi connectivity index (χ1v) is 53.4. The fourth-order valence-corrected chi connectivity index (χ4v) is 20.2. The minimum atomic E-state index is -1.11. The highest BCUT2D eigenvalue weighted by molar-refractivity contribution is 6.31. The number of nitrogens with zero attached hydrogens (tertiary/aromatic N) is 20. The summed E-state index contributed by atoms with van der Waals surface area (Å²) < 4.78 is 44.3. The molecule has 26 nitrogen and oxygen atoms in total. The minimum absolute atomic E-state index is 0.00358. The van der Waals surface area contributed by atoms with Crippen LogP contribution < -0.4 is 4.74 Å². The molecule has 4 fully saturated rings. The number of carbonyl (C=O) groups is 5. The van der Waals surface area contributed by atoms with Gasteiger partial charge in [-0.15, -0.1) is 0 Å². The number of hydrogen-bond donors (Lipinski definition) is 0. The van der Waals surface area contributed by atoms with E-state index >= 15 is 0 Å². The fraction of sp³-hybridized carbons (Fsp3) is 0.440. The molecular weight excluding hydrogens is 1880 g/mol. The lowest BCUT2D eigenvalue weighted by atomic mass is 10.1. The van der Waals surface area contributed by atoms with Gasteiger partial charge in [0.05, 0.1) is 51.0 Å². The Balaban J connectivity index is 0.000000137. The van der Waals surface area contributed by atoms with Crippen LogP contribution in [0.15, 0.2) is 207 Å². The summed E-state index contributed by atoms with van der Waals surface area (Å²) in [6.45, 7) is 26.2. The number of hydrogen-bond acceptors (Lipinski definition) is 16. The monoisotopic (exact) mass is 2020 g/mol. The highest BCUT2D eigenvalue weighted by Gasteiger charge is 2.34. The molecule has 10 aromatic heterocycles. The molecule has 146 heavy (non-hydrogen) atoms. The SMILES string of the molecule is CC(C)CCN(Cc1nc2cccnc2n1C1CCCC1)C(=O)c1cccc(Cl)c1.CCCCCN(Cc1nc2cccnc2n1C1CCCC1)C(=O)c1ccccc1OC.CCCCN(Cc1nc2cccnc2n1C1CCCC1)C(=O)c1ccc(Cl)cc1.CCCN(Cc1nc2cccnc2n1CC1CC1)C(=O)c1cccc(F)c1F.CCCn1c(CN(CCC(C)C)C(=O)c2cccc(C)c2)nc2cccnc21. The predicted octanol–water partition coefficient (Wildman–Crippen LogP) is 25.9. The molecule has 768 valence electrons. The number of imidazole rings is 5. The van der Waals surface area contributed by atoms with Crippen LogP contribution in [0, 0.1) is 36.3 Å². The molecule has 30 heteroatoms. The van der Waals surface area contributed by atoms with Gasteiger partial charge in [-0.2, -0.15) is 0 Å². The van der Waals surface area contributed by atoms with Crippen molar-refractivity contribution in [3.8, 4) is 5.75 Å². The maximum absolute atomic E-state index is 14.2. The molecule has 10 heterocycles. The number of halogens is 4. The number of methoxy groups -OCH3 is 1. The second-order valence-corrected chi connectivity index (χ2v) is 40.6. The minimum Gasteiger partial charge on any atom is -0.496 e. The van der Waals surface area contributed by atoms with Gasteiger partial charge in [0.15, 0.2) is 39.9 Å². The van der Waals surface area contributed by atoms with Crippen molar-refractivity contribution in [3.63, 3.8) is 0 Å². The summed E-state index contributed by atoms with van der Waals surface area (Å²) in [6.07, 6.45) is 34.4. The maximum Gasteiger partial charge on any atom is 0.258 e. The normalized spacial score (nSPS) is 13.8. The summed E-state index contributed by atoms with van der Waals surface area (Å²) in [5.74, 6) is 4.08. The molecule has 19 rings (SSSR count). The van der Waals surface area contributed by atoms with Crippen LogP contribution in [0.3, 0.4) is 0 Å². The number of ether oxygens (including phenoxy) is 1. The molecule has 4 aliphatic rings. The Hall–Kier alpha value is -13.2. The van der Waals surface area contributed by atoms with Crippen LogP contribution in [0.25, 0.3) is 55.8 Å². The van der Waals surface area contributed by atoms with Gasteiger partial charge < -0.3 is 52.1 Å². The summed E-state index contributed by atoms with van der Waals surface area (Å²) >= 11 is 12.2. The number of fused-ring (bicyclic) bond motifs is 5. The van der Waals surface area contributed by atoms with Gasteiger partial charge in [0.1, 0.15) is 62.5 Å². The molecule has 15 aromatic rings. The van der Waals surface area contributed by atoms with Crippen molar-refractivity contribution >= 4 is 109 Å². The molecule has 0 saturated heterocycles. The lowest BCUT2D eigenvalue weighted by Crippen LogP contribution is -2.33. The van der Waals surface area contributed by atoms with Crippen LogP contribution in [0.1, 0.15) is 308 Å². The van der Waals surface area contributed by atoms with Gasteiger partial charge in [0.25, 0.3) is 29.5 Å². The molecule has 0 radical (unpaired) electrons. The van der Waals surface area contributed by atoms with E-state index in [2.05, 4.69) is 101 Å². The number of para-hydroxylation sites is 1. The number of pyridine rings is 5. The number of aryl methyl sites for hydroxylation is 2. The second-order valence-electron chi connectivity index (χ2n) is 39.7. The largest absolute Gasteiger partial charge is 0.496 e. The quantitative estimate of drug-likeness (QED) is 0.0326. The lowest BCUT2D eigenvalue weighted by molar-refractivity contribution is 0.0721. The average molecular weight is 2020 g/mol. The lowest BCUT2D eigenvalue weighted by Gasteiger charge is -2.25. The van der Waals surface area contributed by atoms with Crippen LogP contribution in [0.2, 0.25) is 10.0 Å². The van der Waals surface area contributed by atoms with Crippen LogP contribution >= 0.6 is 23.2 Å². The van der Waals surface area contributed by atoms with E-state index in [4.69, 9.17) is 47.9 Å². The van der Waals surface area contributed by atoms with Gasteiger partial charge in [-0.05, 0) is 254 Å². The standard InChI is InChI=1S/C25H32N4O2.C24H29ClN4O.C23H27ClN4O.C23H30N4O.C21H22F2N4O/c1-3-4-9-17-28(25(30)20-13-7-8-15-22(20)31-2)18-23-27-21-14-10-16-26-24(21)29(23)19-11-5-6-12-19;1-17(2)12-14-28(24(30)18-7-5-8-19(25)15-18)16-22-27-21-11-6-13-26-23(21)29(22)20-9-3-4-10-20;1-2-3-15-27(23(29)17-10-12-18(24)13-11-17)16-21-26-20-9-6-14-25-22(20)28(21)19-7-4-5-8-19;1-5-13-27-21(25-20-10-7-12-24-22(20)27)16-26(14-11-17(2)3)23(28)19-9-6-8-18(4)15-19;1-2-11-26(21(28)15-5-3-6-16(22)19(15)23)13-18-25-17-7-4-10-24-20(17)27(18)12-14-8-9-14/h7-8,10,13-16,19H,3-6,9,11-12,17-18H2,1-2H3;5-8,11,13,15,17,20H,3-4,9-10,12,14,16H2,1-2H3;6,9-14,19H,2-5,7-8,15-16H2,1H3;6-10,12,15,17H,5,11,13-14,16H2,1-4H3;3-7,10,14H,2,8-9,11-13H2,1H3. The van der Waals surface area contributed by atoms with Crippen molar-refractivity contribution in [1.29, 1.82) is 0 Å². The molecule has 4 aliphatic carbocycles. The molecule has 0 aliphatic heterocycles. The predicted molar refractivity (Wildman–Crippen MR) is 574 cm³/mol. The second kappa shape index (κ2) is 52.2. The van der Waals surface area contributed by atoms with Gasteiger partial charge in [0, 0.05) is 122 Å². The summed E-state index contributed by atoms with van der Waals surface area (Å²) in [6, 6.07) is 53.9. The van der Waals surface area contributed by atoms with Crippen molar-refractivity contribution in [2.75, 3.05) is 39.8 Å². The van der Waals surface area contributed by atoms with Gasteiger partial charge >= 0.3 is 0 Å². The first-order chi connectivity index (χ1) is 71.0. The van der Waals surface area contributed by atoms with Crippen molar-refractivity contribution < 1.29 is 37.5 Å². The van der Waals surface area contributed by atoms with E-state index in [1.165, 1.54) is 68.4 Å². The summed E-state index contributed by atoms with van der Waals surface area (Å²) in [5, 5.41) is 1.21. The molecule has 0 bridgehead atoms. The number of carbonyl (C=O) groups excluding carboxylic acids is 5. The smallest absolute Gasteiger partial charge is 0.258 e. The maximum atomic E-state index is 14.2. The number of amides is 5. The van der Waals surface area contributed by atoms with E-state index in [-0.39, 0.29) is 35.7 Å². The first-order valence-electron chi connectivity index (χ1n) is 52.7. The van der Waals surface area contributed by atoms with Gasteiger partial charge in [-0.3, -0.25) is 24.0 Å². The summed E-state index contributed by atoms with van der Waals surface area (Å²) in [4.78, 5) is 123. The van der Waals surface area contributed by atoms with Crippen molar-refractivity contribution in [2.45, 2.75) is 274 Å². The van der Waals surface area contributed by atoms with Crippen LogP contribution in [0.5, 0.6) is 5.75 Å². The summed E-state index contributed by atoms with van der Waals surface area (Å²) in [5.41, 5.74) is 12.3. The first kappa shape index (κ1) is 107. The molecular formula is C116H140Cl2F2N20O6. The van der Waals surface area contributed by atoms with E-state index in [9.17, 15) is 32.8 Å². The Morgan fingerprint density at radius 3 is 1.23 bits per heavy atom. The average Bonchev–Trinajstić information content (AvgIpc) is 1.64. The number of unbranched alkanes of at least 4 members (excludes halogenated alkanes) is 3. The molecule has 0 spiro atoms. The Labute approximate surface area is 866 Å².